The minimum Gasteiger partial charge on any atom is -0.428 e. The van der Waals surface area contributed by atoms with Crippen LogP contribution >= 0.6 is 46.1 Å². The van der Waals surface area contributed by atoms with Crippen LogP contribution in [0.25, 0.3) is 21.3 Å². The third-order valence-corrected chi connectivity index (χ3v) is 7.10. The second kappa shape index (κ2) is 8.61. The highest BCUT2D eigenvalue weighted by Gasteiger charge is 2.32. The van der Waals surface area contributed by atoms with E-state index in [1.165, 1.54) is 23.5 Å². The van der Waals surface area contributed by atoms with Crippen molar-refractivity contribution < 1.29 is 26.3 Å². The van der Waals surface area contributed by atoms with Gasteiger partial charge in [-0.3, -0.25) is 0 Å². The Morgan fingerprint density at radius 1 is 0.970 bits per heavy atom. The molecule has 4 rings (SSSR count). The molecule has 0 aliphatic rings. The fourth-order valence-corrected chi connectivity index (χ4v) is 5.40. The molecule has 0 atom stereocenters. The first kappa shape index (κ1) is 24.1. The van der Waals surface area contributed by atoms with Gasteiger partial charge in [0.25, 0.3) is 5.19 Å². The number of rotatable bonds is 4. The third-order valence-electron chi connectivity index (χ3n) is 4.44. The molecule has 5 nitrogen and oxygen atoms in total. The number of hydrogen-bond acceptors (Lipinski definition) is 5. The van der Waals surface area contributed by atoms with Crippen molar-refractivity contribution in [1.82, 2.24) is 4.98 Å². The van der Waals surface area contributed by atoms with Gasteiger partial charge in [-0.25, -0.2) is 18.5 Å². The fourth-order valence-electron chi connectivity index (χ4n) is 3.00. The predicted octanol–water partition coefficient (Wildman–Crippen LogP) is 7.38. The molecule has 0 aliphatic heterocycles. The number of primary sulfonamides is 1. The van der Waals surface area contributed by atoms with E-state index in [2.05, 4.69) is 4.98 Å². The lowest BCUT2D eigenvalue weighted by atomic mass is 10.0. The molecule has 0 spiro atoms. The van der Waals surface area contributed by atoms with Gasteiger partial charge in [0.05, 0.1) is 30.7 Å². The molecule has 1 heterocycles. The van der Waals surface area contributed by atoms with Crippen molar-refractivity contribution in [3.8, 4) is 22.1 Å². The number of nitrogens with two attached hydrogens (primary N) is 1. The van der Waals surface area contributed by atoms with Crippen LogP contribution in [0.1, 0.15) is 5.56 Å². The lowest BCUT2D eigenvalue weighted by Gasteiger charge is -2.15. The van der Waals surface area contributed by atoms with E-state index in [9.17, 15) is 21.6 Å². The van der Waals surface area contributed by atoms with Crippen LogP contribution in [-0.4, -0.2) is 13.4 Å². The lowest BCUT2D eigenvalue weighted by Crippen LogP contribution is -2.15. The summed E-state index contributed by atoms with van der Waals surface area (Å²) < 4.78 is 70.1. The van der Waals surface area contributed by atoms with Crippen molar-refractivity contribution in [1.29, 1.82) is 0 Å². The zero-order valence-electron chi connectivity index (χ0n) is 16.0. The van der Waals surface area contributed by atoms with Gasteiger partial charge < -0.3 is 4.74 Å². The molecule has 3 aromatic carbocycles. The van der Waals surface area contributed by atoms with Crippen LogP contribution < -0.4 is 9.88 Å². The largest absolute Gasteiger partial charge is 0.428 e. The van der Waals surface area contributed by atoms with Gasteiger partial charge in [-0.15, -0.1) is 0 Å². The second-order valence-corrected chi connectivity index (χ2v) is 10.5. The summed E-state index contributed by atoms with van der Waals surface area (Å²) in [6, 6.07) is 9.62. The first-order valence-electron chi connectivity index (χ1n) is 8.80. The number of halogens is 6. The fraction of sp³-hybridized carbons (Fsp3) is 0.0500. The van der Waals surface area contributed by atoms with Gasteiger partial charge in [0, 0.05) is 10.6 Å². The number of aromatic nitrogens is 1. The van der Waals surface area contributed by atoms with Crippen LogP contribution in [0.5, 0.6) is 10.9 Å². The zero-order valence-corrected chi connectivity index (χ0v) is 19.9. The molecular weight excluding hydrogens is 544 g/mol. The smallest absolute Gasteiger partial charge is 0.416 e. The summed E-state index contributed by atoms with van der Waals surface area (Å²) in [4.78, 5) is 3.78. The van der Waals surface area contributed by atoms with E-state index in [0.717, 1.165) is 10.8 Å². The first-order valence-corrected chi connectivity index (χ1v) is 12.3. The van der Waals surface area contributed by atoms with Crippen LogP contribution in [0, 0.1) is 0 Å². The SMILES string of the molecule is NS(=O)(=O)c1ccc(C(F)(F)F)cc1-c1cc(Cl)c(Oc2nc3ccc(Cl)cc3s2)c(Cl)c1. The zero-order chi connectivity index (χ0) is 24.1. The standard InChI is InChI=1S/C20H10Cl3F3N2O3S2/c21-11-2-3-15-16(8-11)32-19(28-15)31-18-13(22)5-9(6-14(18)23)12-7-10(20(24,25)26)1-4-17(12)33(27,29)30/h1-8H,(H2,27,29,30). The summed E-state index contributed by atoms with van der Waals surface area (Å²) in [6.45, 7) is 0. The van der Waals surface area contributed by atoms with Crippen LogP contribution in [0.15, 0.2) is 53.4 Å². The molecule has 172 valence electrons. The number of benzene rings is 3. The summed E-state index contributed by atoms with van der Waals surface area (Å²) in [5.41, 5.74) is -0.739. The molecule has 0 unspecified atom stereocenters. The topological polar surface area (TPSA) is 82.3 Å². The normalized spacial score (nSPS) is 12.3. The molecule has 33 heavy (non-hydrogen) atoms. The summed E-state index contributed by atoms with van der Waals surface area (Å²) >= 11 is 19.7. The number of sulfonamides is 1. The van der Waals surface area contributed by atoms with Gasteiger partial charge in [-0.2, -0.15) is 13.2 Å². The van der Waals surface area contributed by atoms with E-state index in [0.29, 0.717) is 22.7 Å². The third kappa shape index (κ3) is 5.06. The minimum atomic E-state index is -4.71. The van der Waals surface area contributed by atoms with Gasteiger partial charge in [-0.05, 0) is 54.1 Å². The average molecular weight is 554 g/mol. The van der Waals surface area contributed by atoms with E-state index < -0.39 is 26.7 Å². The Balaban J connectivity index is 1.79. The molecule has 0 radical (unpaired) electrons. The molecule has 4 aromatic rings. The molecule has 0 aliphatic carbocycles. The highest BCUT2D eigenvalue weighted by atomic mass is 35.5. The van der Waals surface area contributed by atoms with E-state index >= 15 is 0 Å². The highest BCUT2D eigenvalue weighted by molar-refractivity contribution is 7.89. The number of ether oxygens (including phenoxy) is 1. The maximum absolute atomic E-state index is 13.2. The molecule has 0 bridgehead atoms. The molecular formula is C20H10Cl3F3N2O3S2. The Kier molecular flexibility index (Phi) is 6.27. The molecule has 0 fully saturated rings. The van der Waals surface area contributed by atoms with Crippen molar-refractivity contribution >= 4 is 66.4 Å². The summed E-state index contributed by atoms with van der Waals surface area (Å²) in [5, 5.41) is 5.76. The van der Waals surface area contributed by atoms with Crippen LogP contribution in [0.2, 0.25) is 15.1 Å². The Hall–Kier alpha value is -2.08. The quantitative estimate of drug-likeness (QED) is 0.286. The molecule has 0 amide bonds. The maximum atomic E-state index is 13.2. The summed E-state index contributed by atoms with van der Waals surface area (Å²) in [7, 11) is -4.35. The van der Waals surface area contributed by atoms with Gasteiger partial charge in [0.15, 0.2) is 5.75 Å². The van der Waals surface area contributed by atoms with E-state index in [-0.39, 0.29) is 32.1 Å². The molecule has 0 saturated heterocycles. The van der Waals surface area contributed by atoms with Crippen molar-refractivity contribution in [3.05, 3.63) is 69.2 Å². The number of hydrogen-bond donors (Lipinski definition) is 1. The maximum Gasteiger partial charge on any atom is 0.416 e. The second-order valence-electron chi connectivity index (χ2n) is 6.72. The van der Waals surface area contributed by atoms with Crippen molar-refractivity contribution in [2.45, 2.75) is 11.1 Å². The summed E-state index contributed by atoms with van der Waals surface area (Å²) in [5.74, 6) is -0.00336. The molecule has 0 saturated carbocycles. The Labute approximate surface area is 204 Å². The minimum absolute atomic E-state index is 0.00329. The average Bonchev–Trinajstić information content (AvgIpc) is 3.10. The monoisotopic (exact) mass is 552 g/mol. The summed E-state index contributed by atoms with van der Waals surface area (Å²) in [6.07, 6.45) is -4.71. The van der Waals surface area contributed by atoms with Crippen LogP contribution in [0.4, 0.5) is 13.2 Å². The van der Waals surface area contributed by atoms with E-state index in [1.54, 1.807) is 18.2 Å². The van der Waals surface area contributed by atoms with Crippen LogP contribution in [-0.2, 0) is 16.2 Å². The van der Waals surface area contributed by atoms with Crippen LogP contribution in [0.3, 0.4) is 0 Å². The van der Waals surface area contributed by atoms with Gasteiger partial charge >= 0.3 is 6.18 Å². The number of thiazole rings is 1. The predicted molar refractivity (Wildman–Crippen MR) is 123 cm³/mol. The number of alkyl halides is 3. The molecule has 2 N–H and O–H groups in total. The number of fused-ring (bicyclic) bond motifs is 1. The lowest BCUT2D eigenvalue weighted by molar-refractivity contribution is -0.137. The Morgan fingerprint density at radius 2 is 1.64 bits per heavy atom. The van der Waals surface area contributed by atoms with Crippen molar-refractivity contribution in [3.63, 3.8) is 0 Å². The van der Waals surface area contributed by atoms with Crippen molar-refractivity contribution in [2.75, 3.05) is 0 Å². The van der Waals surface area contributed by atoms with Gasteiger partial charge in [-0.1, -0.05) is 46.1 Å². The van der Waals surface area contributed by atoms with Gasteiger partial charge in [0.1, 0.15) is 0 Å². The Bertz CT molecular complexity index is 1480. The highest BCUT2D eigenvalue weighted by Crippen LogP contribution is 2.43. The Morgan fingerprint density at radius 3 is 2.24 bits per heavy atom. The van der Waals surface area contributed by atoms with Crippen molar-refractivity contribution in [2.24, 2.45) is 5.14 Å². The number of nitrogens with zero attached hydrogens (tertiary/aromatic N) is 1. The van der Waals surface area contributed by atoms with E-state index in [4.69, 9.17) is 44.7 Å². The molecule has 13 heteroatoms. The van der Waals surface area contributed by atoms with Gasteiger partial charge in [0.2, 0.25) is 10.0 Å². The van der Waals surface area contributed by atoms with E-state index in [1.807, 2.05) is 0 Å². The molecule has 1 aromatic heterocycles. The first-order chi connectivity index (χ1) is 15.3.